The van der Waals surface area contributed by atoms with Gasteiger partial charge in [-0.3, -0.25) is 4.98 Å². The van der Waals surface area contributed by atoms with Crippen molar-refractivity contribution in [1.29, 1.82) is 0 Å². The van der Waals surface area contributed by atoms with Crippen molar-refractivity contribution in [1.82, 2.24) is 9.97 Å². The van der Waals surface area contributed by atoms with Gasteiger partial charge in [-0.05, 0) is 30.7 Å². The number of hydrogen-bond acceptors (Lipinski definition) is 5. The lowest BCUT2D eigenvalue weighted by atomic mass is 10.3. The standard InChI is InChI=1S/C13H15N3O2/c1-2-7-17-10-3-5-11(6-4-10)18-13-9-15-8-12(14)16-13/h3-6,8-9H,2,7H2,1H3,(H2,14,16). The van der Waals surface area contributed by atoms with E-state index >= 15 is 0 Å². The molecule has 5 nitrogen and oxygen atoms in total. The minimum absolute atomic E-state index is 0.329. The molecule has 0 saturated heterocycles. The van der Waals surface area contributed by atoms with Crippen LogP contribution in [0.3, 0.4) is 0 Å². The Kier molecular flexibility index (Phi) is 3.96. The van der Waals surface area contributed by atoms with Crippen molar-refractivity contribution in [2.24, 2.45) is 0 Å². The van der Waals surface area contributed by atoms with Gasteiger partial charge in [-0.2, -0.15) is 4.98 Å². The van der Waals surface area contributed by atoms with E-state index in [0.717, 1.165) is 12.2 Å². The van der Waals surface area contributed by atoms with E-state index in [1.807, 2.05) is 24.3 Å². The van der Waals surface area contributed by atoms with E-state index in [-0.39, 0.29) is 0 Å². The van der Waals surface area contributed by atoms with E-state index in [4.69, 9.17) is 15.2 Å². The normalized spacial score (nSPS) is 10.1. The minimum Gasteiger partial charge on any atom is -0.494 e. The summed E-state index contributed by atoms with van der Waals surface area (Å²) in [4.78, 5) is 7.90. The summed E-state index contributed by atoms with van der Waals surface area (Å²) in [6.07, 6.45) is 3.96. The molecule has 0 unspecified atom stereocenters. The number of rotatable bonds is 5. The number of hydrogen-bond donors (Lipinski definition) is 1. The summed E-state index contributed by atoms with van der Waals surface area (Å²) in [5, 5.41) is 0. The zero-order chi connectivity index (χ0) is 12.8. The smallest absolute Gasteiger partial charge is 0.239 e. The molecule has 0 aliphatic carbocycles. The monoisotopic (exact) mass is 245 g/mol. The maximum Gasteiger partial charge on any atom is 0.239 e. The number of anilines is 1. The summed E-state index contributed by atoms with van der Waals surface area (Å²) in [6, 6.07) is 7.33. The van der Waals surface area contributed by atoms with Crippen molar-refractivity contribution in [3.63, 3.8) is 0 Å². The van der Waals surface area contributed by atoms with Gasteiger partial charge >= 0.3 is 0 Å². The van der Waals surface area contributed by atoms with Crippen LogP contribution in [0.15, 0.2) is 36.7 Å². The number of benzene rings is 1. The van der Waals surface area contributed by atoms with Crippen LogP contribution in [0.2, 0.25) is 0 Å². The molecular formula is C13H15N3O2. The van der Waals surface area contributed by atoms with Gasteiger partial charge in [-0.25, -0.2) is 0 Å². The maximum atomic E-state index is 5.52. The molecule has 94 valence electrons. The molecule has 0 fully saturated rings. The van der Waals surface area contributed by atoms with Crippen LogP contribution in [-0.2, 0) is 0 Å². The highest BCUT2D eigenvalue weighted by Crippen LogP contribution is 2.22. The Morgan fingerprint density at radius 3 is 2.50 bits per heavy atom. The first kappa shape index (κ1) is 12.2. The van der Waals surface area contributed by atoms with Crippen molar-refractivity contribution in [3.05, 3.63) is 36.7 Å². The lowest BCUT2D eigenvalue weighted by Crippen LogP contribution is -1.96. The lowest BCUT2D eigenvalue weighted by molar-refractivity contribution is 0.317. The zero-order valence-corrected chi connectivity index (χ0v) is 10.2. The van der Waals surface area contributed by atoms with Crippen LogP contribution >= 0.6 is 0 Å². The predicted octanol–water partition coefficient (Wildman–Crippen LogP) is 2.64. The molecule has 2 N–H and O–H groups in total. The highest BCUT2D eigenvalue weighted by molar-refractivity contribution is 5.34. The molecule has 5 heteroatoms. The SMILES string of the molecule is CCCOc1ccc(Oc2cncc(N)n2)cc1. The Morgan fingerprint density at radius 1 is 1.11 bits per heavy atom. The van der Waals surface area contributed by atoms with E-state index in [1.165, 1.54) is 12.4 Å². The summed E-state index contributed by atoms with van der Waals surface area (Å²) in [7, 11) is 0. The molecule has 0 amide bonds. The van der Waals surface area contributed by atoms with Gasteiger partial charge in [-0.1, -0.05) is 6.92 Å². The second-order valence-corrected chi connectivity index (χ2v) is 3.70. The number of ether oxygens (including phenoxy) is 2. The van der Waals surface area contributed by atoms with Gasteiger partial charge in [0.2, 0.25) is 5.88 Å². The Bertz CT molecular complexity index is 500. The molecule has 1 heterocycles. The minimum atomic E-state index is 0.329. The summed E-state index contributed by atoms with van der Waals surface area (Å²) in [5.41, 5.74) is 5.52. The molecule has 0 radical (unpaired) electrons. The summed E-state index contributed by atoms with van der Waals surface area (Å²) in [6.45, 7) is 2.77. The molecule has 0 bridgehead atoms. The Morgan fingerprint density at radius 2 is 1.83 bits per heavy atom. The van der Waals surface area contributed by atoms with Crippen molar-refractivity contribution < 1.29 is 9.47 Å². The maximum absolute atomic E-state index is 5.52. The summed E-state index contributed by atoms with van der Waals surface area (Å²) in [5.74, 6) is 2.19. The topological polar surface area (TPSA) is 70.3 Å². The van der Waals surface area contributed by atoms with E-state index in [2.05, 4.69) is 16.9 Å². The van der Waals surface area contributed by atoms with Crippen molar-refractivity contribution in [2.45, 2.75) is 13.3 Å². The highest BCUT2D eigenvalue weighted by Gasteiger charge is 2.00. The van der Waals surface area contributed by atoms with Crippen molar-refractivity contribution >= 4 is 5.82 Å². The van der Waals surface area contributed by atoms with Crippen LogP contribution in [0.5, 0.6) is 17.4 Å². The first-order valence-corrected chi connectivity index (χ1v) is 5.76. The van der Waals surface area contributed by atoms with Gasteiger partial charge in [0.15, 0.2) is 0 Å². The first-order chi connectivity index (χ1) is 8.78. The summed E-state index contributed by atoms with van der Waals surface area (Å²) >= 11 is 0. The number of aromatic nitrogens is 2. The van der Waals surface area contributed by atoms with E-state index in [1.54, 1.807) is 0 Å². The van der Waals surface area contributed by atoms with Gasteiger partial charge in [0.05, 0.1) is 19.0 Å². The van der Waals surface area contributed by atoms with Crippen LogP contribution in [0.4, 0.5) is 5.82 Å². The second kappa shape index (κ2) is 5.86. The fraction of sp³-hybridized carbons (Fsp3) is 0.231. The third-order valence-corrected chi connectivity index (χ3v) is 2.15. The van der Waals surface area contributed by atoms with Crippen molar-refractivity contribution in [2.75, 3.05) is 12.3 Å². The van der Waals surface area contributed by atoms with E-state index in [9.17, 15) is 0 Å². The zero-order valence-electron chi connectivity index (χ0n) is 10.2. The highest BCUT2D eigenvalue weighted by atomic mass is 16.5. The molecule has 1 aromatic heterocycles. The average Bonchev–Trinajstić information content (AvgIpc) is 2.38. The third-order valence-electron chi connectivity index (χ3n) is 2.15. The molecule has 1 aromatic carbocycles. The lowest BCUT2D eigenvalue weighted by Gasteiger charge is -2.07. The van der Waals surface area contributed by atoms with E-state index in [0.29, 0.717) is 24.1 Å². The second-order valence-electron chi connectivity index (χ2n) is 3.70. The number of nitrogens with two attached hydrogens (primary N) is 1. The van der Waals surface area contributed by atoms with Gasteiger partial charge in [-0.15, -0.1) is 0 Å². The summed E-state index contributed by atoms with van der Waals surface area (Å²) < 4.78 is 11.0. The molecule has 18 heavy (non-hydrogen) atoms. The molecule has 0 aliphatic rings. The molecule has 2 aromatic rings. The molecule has 0 saturated carbocycles. The Labute approximate surface area is 106 Å². The number of nitrogen functional groups attached to an aromatic ring is 1. The Hall–Kier alpha value is -2.30. The van der Waals surface area contributed by atoms with Gasteiger partial charge < -0.3 is 15.2 Å². The van der Waals surface area contributed by atoms with Crippen LogP contribution < -0.4 is 15.2 Å². The van der Waals surface area contributed by atoms with Gasteiger partial charge in [0.1, 0.15) is 17.3 Å². The van der Waals surface area contributed by atoms with E-state index < -0.39 is 0 Å². The fourth-order valence-electron chi connectivity index (χ4n) is 1.36. The van der Waals surface area contributed by atoms with Gasteiger partial charge in [0.25, 0.3) is 0 Å². The average molecular weight is 245 g/mol. The molecular weight excluding hydrogens is 230 g/mol. The Balaban J connectivity index is 2.02. The number of nitrogens with zero attached hydrogens (tertiary/aromatic N) is 2. The van der Waals surface area contributed by atoms with Crippen LogP contribution in [0, 0.1) is 0 Å². The van der Waals surface area contributed by atoms with Crippen LogP contribution in [-0.4, -0.2) is 16.6 Å². The van der Waals surface area contributed by atoms with Crippen molar-refractivity contribution in [3.8, 4) is 17.4 Å². The molecule has 0 aliphatic heterocycles. The van der Waals surface area contributed by atoms with Crippen LogP contribution in [0.25, 0.3) is 0 Å². The third kappa shape index (κ3) is 3.35. The first-order valence-electron chi connectivity index (χ1n) is 5.76. The molecule has 2 rings (SSSR count). The van der Waals surface area contributed by atoms with Gasteiger partial charge in [0, 0.05) is 0 Å². The fourth-order valence-corrected chi connectivity index (χ4v) is 1.36. The predicted molar refractivity (Wildman–Crippen MR) is 68.7 cm³/mol. The molecule has 0 atom stereocenters. The largest absolute Gasteiger partial charge is 0.494 e. The quantitative estimate of drug-likeness (QED) is 0.876. The molecule has 0 spiro atoms. The van der Waals surface area contributed by atoms with Crippen LogP contribution in [0.1, 0.15) is 13.3 Å².